The van der Waals surface area contributed by atoms with Gasteiger partial charge in [-0.3, -0.25) is 4.79 Å². The molecule has 32 heavy (non-hydrogen) atoms. The Balaban J connectivity index is 1.89. The highest BCUT2D eigenvalue weighted by atomic mass is 32.2. The van der Waals surface area contributed by atoms with E-state index in [2.05, 4.69) is 0 Å². The topological polar surface area (TPSA) is 54.5 Å². The molecule has 0 bridgehead atoms. The Bertz CT molecular complexity index is 1120. The van der Waals surface area contributed by atoms with Crippen molar-refractivity contribution in [1.82, 2.24) is 0 Å². The lowest BCUT2D eigenvalue weighted by molar-refractivity contribution is -0.138. The summed E-state index contributed by atoms with van der Waals surface area (Å²) < 4.78 is 102. The van der Waals surface area contributed by atoms with Gasteiger partial charge in [0.05, 0.1) is 20.8 Å². The summed E-state index contributed by atoms with van der Waals surface area (Å²) >= 11 is 0. The fourth-order valence-corrected chi connectivity index (χ4v) is 5.36. The van der Waals surface area contributed by atoms with Crippen LogP contribution in [-0.2, 0) is 27.0 Å². The number of halogens is 6. The van der Waals surface area contributed by atoms with Gasteiger partial charge in [-0.1, -0.05) is 6.07 Å². The molecular weight excluding hydrogens is 460 g/mol. The predicted molar refractivity (Wildman–Crippen MR) is 105 cm³/mol. The molecule has 4 nitrogen and oxygen atoms in total. The minimum absolute atomic E-state index is 0.102. The summed E-state index contributed by atoms with van der Waals surface area (Å²) in [5.74, 6) is -1.28. The molecule has 0 unspecified atom stereocenters. The molecule has 1 fully saturated rings. The zero-order valence-electron chi connectivity index (χ0n) is 17.0. The molecule has 1 aliphatic rings. The third kappa shape index (κ3) is 4.35. The van der Waals surface area contributed by atoms with E-state index in [1.807, 2.05) is 0 Å². The Kier molecular flexibility index (Phi) is 5.86. The second-order valence-corrected chi connectivity index (χ2v) is 10.6. The number of carbonyl (C=O) groups is 1. The van der Waals surface area contributed by atoms with E-state index in [4.69, 9.17) is 0 Å². The average molecular weight is 479 g/mol. The van der Waals surface area contributed by atoms with E-state index < -0.39 is 54.8 Å². The first-order valence-corrected chi connectivity index (χ1v) is 10.9. The number of hydrogen-bond acceptors (Lipinski definition) is 3. The molecule has 1 atom stereocenters. The lowest BCUT2D eigenvalue weighted by atomic mass is 9.94. The second-order valence-electron chi connectivity index (χ2n) is 8.08. The smallest absolute Gasteiger partial charge is 0.312 e. The molecule has 1 heterocycles. The third-order valence-electron chi connectivity index (χ3n) is 5.78. The molecule has 1 amide bonds. The van der Waals surface area contributed by atoms with Crippen LogP contribution < -0.4 is 4.90 Å². The number of alkyl halides is 6. The van der Waals surface area contributed by atoms with Gasteiger partial charge in [0.2, 0.25) is 5.91 Å². The molecule has 2 aromatic carbocycles. The second kappa shape index (κ2) is 7.79. The summed E-state index contributed by atoms with van der Waals surface area (Å²) in [6.45, 7) is 2.56. The average Bonchev–Trinajstić information content (AvgIpc) is 3.09. The van der Waals surface area contributed by atoms with Gasteiger partial charge in [0.15, 0.2) is 9.84 Å². The number of benzene rings is 2. The Hall–Kier alpha value is -2.56. The van der Waals surface area contributed by atoms with Crippen LogP contribution in [0, 0.1) is 5.92 Å². The van der Waals surface area contributed by atoms with Crippen molar-refractivity contribution in [3.8, 4) is 0 Å². The predicted octanol–water partition coefficient (Wildman–Crippen LogP) is 5.33. The van der Waals surface area contributed by atoms with Gasteiger partial charge in [-0.05, 0) is 56.3 Å². The Morgan fingerprint density at radius 3 is 1.97 bits per heavy atom. The van der Waals surface area contributed by atoms with Gasteiger partial charge in [0.25, 0.3) is 0 Å². The molecule has 0 aliphatic carbocycles. The molecule has 0 N–H and O–H groups in total. The van der Waals surface area contributed by atoms with E-state index in [1.54, 1.807) is 0 Å². The number of sulfone groups is 1. The fraction of sp³-hybridized carbons (Fsp3) is 0.381. The minimum atomic E-state index is -4.72. The first-order chi connectivity index (χ1) is 14.5. The van der Waals surface area contributed by atoms with Gasteiger partial charge in [-0.25, -0.2) is 8.42 Å². The van der Waals surface area contributed by atoms with Crippen LogP contribution in [0.3, 0.4) is 0 Å². The molecule has 2 aromatic rings. The van der Waals surface area contributed by atoms with Crippen LogP contribution >= 0.6 is 0 Å². The minimum Gasteiger partial charge on any atom is -0.312 e. The van der Waals surface area contributed by atoms with Gasteiger partial charge in [0, 0.05) is 24.6 Å². The highest BCUT2D eigenvalue weighted by Crippen LogP contribution is 2.41. The first-order valence-electron chi connectivity index (χ1n) is 9.44. The van der Waals surface area contributed by atoms with Crippen LogP contribution in [0.4, 0.5) is 32.0 Å². The van der Waals surface area contributed by atoms with E-state index in [0.29, 0.717) is 6.07 Å². The molecule has 174 valence electrons. The van der Waals surface area contributed by atoms with E-state index >= 15 is 0 Å². The lowest BCUT2D eigenvalue weighted by Gasteiger charge is -2.31. The van der Waals surface area contributed by atoms with Crippen molar-refractivity contribution in [2.24, 2.45) is 5.92 Å². The summed E-state index contributed by atoms with van der Waals surface area (Å²) in [4.78, 5) is 13.2. The summed E-state index contributed by atoms with van der Waals surface area (Å²) in [5.41, 5.74) is -1.82. The SMILES string of the molecule is CC(C)([C@@H]1CC(=O)N(c2ccc(C(F)(F)F)cc2)C1)S(=O)(=O)c1cccc(C(F)(F)F)c1. The van der Waals surface area contributed by atoms with Crippen LogP contribution in [0.5, 0.6) is 0 Å². The zero-order valence-corrected chi connectivity index (χ0v) is 17.8. The van der Waals surface area contributed by atoms with Gasteiger partial charge < -0.3 is 4.90 Å². The van der Waals surface area contributed by atoms with Crippen LogP contribution in [0.25, 0.3) is 0 Å². The normalized spacial score (nSPS) is 18.3. The van der Waals surface area contributed by atoms with Crippen molar-refractivity contribution >= 4 is 21.4 Å². The Morgan fingerprint density at radius 1 is 0.875 bits per heavy atom. The van der Waals surface area contributed by atoms with Gasteiger partial charge in [-0.15, -0.1) is 0 Å². The molecule has 0 saturated carbocycles. The number of anilines is 1. The van der Waals surface area contributed by atoms with E-state index in [1.165, 1.54) is 18.7 Å². The largest absolute Gasteiger partial charge is 0.416 e. The molecule has 0 spiro atoms. The van der Waals surface area contributed by atoms with Crippen molar-refractivity contribution < 1.29 is 39.6 Å². The summed E-state index contributed by atoms with van der Waals surface area (Å²) in [6.07, 6.45) is -9.48. The molecule has 0 radical (unpaired) electrons. The van der Waals surface area contributed by atoms with Gasteiger partial charge in [0.1, 0.15) is 0 Å². The van der Waals surface area contributed by atoms with Crippen LogP contribution in [0.15, 0.2) is 53.4 Å². The van der Waals surface area contributed by atoms with Gasteiger partial charge in [-0.2, -0.15) is 26.3 Å². The van der Waals surface area contributed by atoms with Crippen LogP contribution in [-0.4, -0.2) is 25.6 Å². The highest BCUT2D eigenvalue weighted by molar-refractivity contribution is 7.92. The summed E-state index contributed by atoms with van der Waals surface area (Å²) in [7, 11) is -4.29. The van der Waals surface area contributed by atoms with Crippen molar-refractivity contribution in [1.29, 1.82) is 0 Å². The van der Waals surface area contributed by atoms with Crippen molar-refractivity contribution in [2.45, 2.75) is 42.3 Å². The number of carbonyl (C=O) groups excluding carboxylic acids is 1. The van der Waals surface area contributed by atoms with E-state index in [9.17, 15) is 39.6 Å². The van der Waals surface area contributed by atoms with Crippen molar-refractivity contribution in [3.63, 3.8) is 0 Å². The lowest BCUT2D eigenvalue weighted by Crippen LogP contribution is -2.41. The fourth-order valence-electron chi connectivity index (χ4n) is 3.62. The van der Waals surface area contributed by atoms with Crippen LogP contribution in [0.1, 0.15) is 31.4 Å². The maximum atomic E-state index is 13.2. The first kappa shape index (κ1) is 24.1. The third-order valence-corrected chi connectivity index (χ3v) is 8.37. The Morgan fingerprint density at radius 2 is 1.44 bits per heavy atom. The quantitative estimate of drug-likeness (QED) is 0.557. The molecule has 3 rings (SSSR count). The van der Waals surface area contributed by atoms with E-state index in [-0.39, 0.29) is 18.7 Å². The van der Waals surface area contributed by atoms with E-state index in [0.717, 1.165) is 42.5 Å². The zero-order chi connectivity index (χ0) is 24.1. The number of amides is 1. The van der Waals surface area contributed by atoms with Crippen molar-refractivity contribution in [3.05, 3.63) is 59.7 Å². The van der Waals surface area contributed by atoms with Crippen molar-refractivity contribution in [2.75, 3.05) is 11.4 Å². The molecular formula is C21H19F6NO3S. The maximum Gasteiger partial charge on any atom is 0.416 e. The number of hydrogen-bond donors (Lipinski definition) is 0. The summed E-state index contributed by atoms with van der Waals surface area (Å²) in [6, 6.07) is 7.27. The number of nitrogens with zero attached hydrogens (tertiary/aromatic N) is 1. The molecule has 1 saturated heterocycles. The van der Waals surface area contributed by atoms with Crippen LogP contribution in [0.2, 0.25) is 0 Å². The summed E-state index contributed by atoms with van der Waals surface area (Å²) in [5, 5.41) is 0. The standard InChI is InChI=1S/C21H19F6NO3S/c1-19(2,32(30,31)17-5-3-4-14(10-17)21(25,26)27)15-11-18(29)28(12-15)16-8-6-13(7-9-16)20(22,23)24/h3-10,15H,11-12H2,1-2H3/t15-/m1/s1. The Labute approximate surface area is 180 Å². The highest BCUT2D eigenvalue weighted by Gasteiger charge is 2.48. The molecule has 11 heteroatoms. The number of rotatable bonds is 4. The molecule has 0 aromatic heterocycles. The maximum absolute atomic E-state index is 13.2. The van der Waals surface area contributed by atoms with Gasteiger partial charge >= 0.3 is 12.4 Å². The monoisotopic (exact) mass is 479 g/mol. The molecule has 1 aliphatic heterocycles.